The Bertz CT molecular complexity index is 1130. The summed E-state index contributed by atoms with van der Waals surface area (Å²) in [5, 5.41) is 0. The van der Waals surface area contributed by atoms with Crippen LogP contribution in [-0.2, 0) is 9.47 Å². The summed E-state index contributed by atoms with van der Waals surface area (Å²) in [4.78, 5) is 47.0. The molecule has 2 aliphatic rings. The molecule has 166 valence electrons. The number of ether oxygens (including phenoxy) is 4. The smallest absolute Gasteiger partial charge is 0.405 e. The molecule has 0 aliphatic carbocycles. The van der Waals surface area contributed by atoms with Crippen molar-refractivity contribution in [3.63, 3.8) is 0 Å². The number of hydrogen-bond donors (Lipinski definition) is 0. The predicted molar refractivity (Wildman–Crippen MR) is 84.7 cm³/mol. The van der Waals surface area contributed by atoms with Crippen LogP contribution >= 0.6 is 0 Å². The maximum atomic E-state index is 12.9. The van der Waals surface area contributed by atoms with Crippen molar-refractivity contribution in [2.24, 2.45) is 0 Å². The molecule has 4 rings (SSSR count). The lowest BCUT2D eigenvalue weighted by Crippen LogP contribution is -2.19. The second kappa shape index (κ2) is 6.70. The Labute approximate surface area is 171 Å². The standard InChI is InChI=1S/C18H4F6O8/c19-17(20,21)31-11-3-9-7(13(25)29-15(9)27)1-5(11)6-2-8-10(16(28)30-14(8)26)4-12(6)32-18(22,23)24/h1-4H. The summed E-state index contributed by atoms with van der Waals surface area (Å²) in [6.45, 7) is 0. The van der Waals surface area contributed by atoms with Crippen LogP contribution in [0.15, 0.2) is 24.3 Å². The van der Waals surface area contributed by atoms with E-state index in [1.54, 1.807) is 0 Å². The first-order valence-electron chi connectivity index (χ1n) is 8.14. The van der Waals surface area contributed by atoms with E-state index in [1.165, 1.54) is 0 Å². The second-order valence-corrected chi connectivity index (χ2v) is 6.24. The molecular weight excluding hydrogens is 458 g/mol. The third-order valence-electron chi connectivity index (χ3n) is 4.23. The lowest BCUT2D eigenvalue weighted by atomic mass is 9.95. The Morgan fingerprint density at radius 3 is 1.06 bits per heavy atom. The van der Waals surface area contributed by atoms with Crippen molar-refractivity contribution in [1.29, 1.82) is 0 Å². The molecule has 14 heteroatoms. The minimum Gasteiger partial charge on any atom is -0.405 e. The van der Waals surface area contributed by atoms with E-state index in [9.17, 15) is 45.5 Å². The molecule has 2 aromatic carbocycles. The van der Waals surface area contributed by atoms with Gasteiger partial charge in [0, 0.05) is 11.1 Å². The summed E-state index contributed by atoms with van der Waals surface area (Å²) >= 11 is 0. The van der Waals surface area contributed by atoms with Gasteiger partial charge < -0.3 is 18.9 Å². The van der Waals surface area contributed by atoms with Crippen molar-refractivity contribution in [2.75, 3.05) is 0 Å². The normalized spacial score (nSPS) is 15.3. The predicted octanol–water partition coefficient (Wildman–Crippen LogP) is 3.77. The van der Waals surface area contributed by atoms with Gasteiger partial charge in [0.15, 0.2) is 0 Å². The van der Waals surface area contributed by atoms with Crippen LogP contribution in [0.3, 0.4) is 0 Å². The molecular formula is C18H4F6O8. The van der Waals surface area contributed by atoms with Gasteiger partial charge >= 0.3 is 36.6 Å². The first kappa shape index (κ1) is 21.1. The lowest BCUT2D eigenvalue weighted by molar-refractivity contribution is -0.276. The number of halogens is 6. The minimum atomic E-state index is -5.37. The van der Waals surface area contributed by atoms with Crippen LogP contribution < -0.4 is 9.47 Å². The Morgan fingerprint density at radius 1 is 0.500 bits per heavy atom. The fraction of sp³-hybridized carbons (Fsp3) is 0.111. The van der Waals surface area contributed by atoms with Crippen LogP contribution in [-0.4, -0.2) is 36.6 Å². The molecule has 0 fully saturated rings. The third-order valence-corrected chi connectivity index (χ3v) is 4.23. The molecule has 8 nitrogen and oxygen atoms in total. The fourth-order valence-electron chi connectivity index (χ4n) is 3.06. The Kier molecular flexibility index (Phi) is 4.43. The summed E-state index contributed by atoms with van der Waals surface area (Å²) in [5.41, 5.74) is -4.05. The molecule has 0 spiro atoms. The number of rotatable bonds is 3. The Hall–Kier alpha value is -4.10. The van der Waals surface area contributed by atoms with Gasteiger partial charge in [-0.25, -0.2) is 19.2 Å². The van der Waals surface area contributed by atoms with Crippen LogP contribution in [0.4, 0.5) is 26.3 Å². The minimum absolute atomic E-state index is 0.444. The third kappa shape index (κ3) is 3.70. The Balaban J connectivity index is 2.02. The molecule has 0 atom stereocenters. The number of carbonyl (C=O) groups excluding carboxylic acids is 4. The van der Waals surface area contributed by atoms with Crippen LogP contribution in [0.25, 0.3) is 11.1 Å². The number of benzene rings is 2. The summed E-state index contributed by atoms with van der Waals surface area (Å²) in [6, 6.07) is 2.10. The molecule has 0 radical (unpaired) electrons. The summed E-state index contributed by atoms with van der Waals surface area (Å²) in [5.74, 6) is -7.57. The zero-order chi connectivity index (χ0) is 23.6. The van der Waals surface area contributed by atoms with Crippen molar-refractivity contribution in [3.05, 3.63) is 46.5 Å². The van der Waals surface area contributed by atoms with Gasteiger partial charge in [0.2, 0.25) is 0 Å². The molecule has 2 heterocycles. The van der Waals surface area contributed by atoms with Gasteiger partial charge in [0.1, 0.15) is 11.5 Å². The number of hydrogen-bond acceptors (Lipinski definition) is 8. The van der Waals surface area contributed by atoms with Crippen molar-refractivity contribution >= 4 is 23.9 Å². The number of carbonyl (C=O) groups is 4. The van der Waals surface area contributed by atoms with Gasteiger partial charge in [-0.3, -0.25) is 0 Å². The molecule has 2 aromatic rings. The van der Waals surface area contributed by atoms with Crippen LogP contribution in [0.1, 0.15) is 41.4 Å². The molecule has 32 heavy (non-hydrogen) atoms. The molecule has 0 unspecified atom stereocenters. The highest BCUT2D eigenvalue weighted by Crippen LogP contribution is 2.45. The van der Waals surface area contributed by atoms with Crippen LogP contribution in [0.2, 0.25) is 0 Å². The van der Waals surface area contributed by atoms with Gasteiger partial charge in [-0.2, -0.15) is 0 Å². The molecule has 0 saturated heterocycles. The molecule has 0 saturated carbocycles. The first-order valence-corrected chi connectivity index (χ1v) is 8.14. The number of alkyl halides is 6. The van der Waals surface area contributed by atoms with Gasteiger partial charge in [-0.15, -0.1) is 26.3 Å². The first-order chi connectivity index (χ1) is 14.7. The van der Waals surface area contributed by atoms with Crippen molar-refractivity contribution in [3.8, 4) is 22.6 Å². The molecule has 2 aliphatic heterocycles. The monoisotopic (exact) mass is 462 g/mol. The van der Waals surface area contributed by atoms with Gasteiger partial charge in [-0.1, -0.05) is 0 Å². The fourth-order valence-corrected chi connectivity index (χ4v) is 3.06. The van der Waals surface area contributed by atoms with Gasteiger partial charge in [0.05, 0.1) is 22.3 Å². The number of fused-ring (bicyclic) bond motifs is 2. The summed E-state index contributed by atoms with van der Waals surface area (Å²) in [6.07, 6.45) is -10.7. The highest BCUT2D eigenvalue weighted by atomic mass is 19.4. The zero-order valence-corrected chi connectivity index (χ0v) is 14.8. The number of esters is 4. The molecule has 0 bridgehead atoms. The Morgan fingerprint density at radius 2 is 0.781 bits per heavy atom. The zero-order valence-electron chi connectivity index (χ0n) is 14.8. The lowest BCUT2D eigenvalue weighted by Gasteiger charge is -2.18. The van der Waals surface area contributed by atoms with Crippen molar-refractivity contribution in [1.82, 2.24) is 0 Å². The maximum absolute atomic E-state index is 12.9. The van der Waals surface area contributed by atoms with E-state index in [-0.39, 0.29) is 0 Å². The van der Waals surface area contributed by atoms with Crippen molar-refractivity contribution in [2.45, 2.75) is 12.7 Å². The van der Waals surface area contributed by atoms with Gasteiger partial charge in [-0.05, 0) is 24.3 Å². The maximum Gasteiger partial charge on any atom is 0.573 e. The highest BCUT2D eigenvalue weighted by molar-refractivity contribution is 6.17. The SMILES string of the molecule is O=C1OC(=O)c2cc(-c3cc4c(cc3OC(F)(F)F)C(=O)OC4=O)c(OC(F)(F)F)cc21. The van der Waals surface area contributed by atoms with Crippen LogP contribution in [0.5, 0.6) is 11.5 Å². The molecule has 0 aromatic heterocycles. The van der Waals surface area contributed by atoms with E-state index >= 15 is 0 Å². The quantitative estimate of drug-likeness (QED) is 0.386. The van der Waals surface area contributed by atoms with Crippen LogP contribution in [0, 0.1) is 0 Å². The van der Waals surface area contributed by atoms with E-state index < -0.39 is 81.5 Å². The summed E-state index contributed by atoms with van der Waals surface area (Å²) in [7, 11) is 0. The number of cyclic esters (lactones) is 4. The van der Waals surface area contributed by atoms with E-state index in [0.717, 1.165) is 0 Å². The second-order valence-electron chi connectivity index (χ2n) is 6.24. The van der Waals surface area contributed by atoms with Gasteiger partial charge in [0.25, 0.3) is 0 Å². The average molecular weight is 462 g/mol. The van der Waals surface area contributed by atoms with E-state index in [0.29, 0.717) is 24.3 Å². The molecule has 0 N–H and O–H groups in total. The topological polar surface area (TPSA) is 105 Å². The van der Waals surface area contributed by atoms with Crippen molar-refractivity contribution < 1.29 is 64.5 Å². The average Bonchev–Trinajstić information content (AvgIpc) is 3.06. The molecule has 0 amide bonds. The van der Waals surface area contributed by atoms with E-state index in [4.69, 9.17) is 0 Å². The van der Waals surface area contributed by atoms with E-state index in [1.807, 2.05) is 0 Å². The summed E-state index contributed by atoms with van der Waals surface area (Å²) < 4.78 is 93.8. The van der Waals surface area contributed by atoms with E-state index in [2.05, 4.69) is 18.9 Å². The highest BCUT2D eigenvalue weighted by Gasteiger charge is 2.40. The largest absolute Gasteiger partial charge is 0.573 e.